The van der Waals surface area contributed by atoms with Gasteiger partial charge < -0.3 is 25.0 Å². The molecule has 0 amide bonds. The summed E-state index contributed by atoms with van der Waals surface area (Å²) in [5.74, 6) is 1.79. The molecule has 0 radical (unpaired) electrons. The fraction of sp³-hybridized carbons (Fsp3) is 0.576. The molecule has 2 saturated heterocycles. The zero-order valence-corrected chi connectivity index (χ0v) is 25.8. The second kappa shape index (κ2) is 10.7. The van der Waals surface area contributed by atoms with E-state index in [1.54, 1.807) is 6.07 Å². The minimum atomic E-state index is -0.974. The number of nitriles is 1. The lowest BCUT2D eigenvalue weighted by atomic mass is 9.61. The van der Waals surface area contributed by atoms with E-state index in [0.717, 1.165) is 61.0 Å². The second-order valence-corrected chi connectivity index (χ2v) is 13.5. The number of aromatic nitrogens is 3. The number of nitrogens with zero attached hydrogens (tertiary/aromatic N) is 5. The molecule has 2 fully saturated rings. The summed E-state index contributed by atoms with van der Waals surface area (Å²) in [7, 11) is 1.92. The van der Waals surface area contributed by atoms with Crippen LogP contribution >= 0.6 is 0 Å². The molecule has 2 aromatic heterocycles. The van der Waals surface area contributed by atoms with Crippen molar-refractivity contribution in [3.63, 3.8) is 0 Å². The van der Waals surface area contributed by atoms with Gasteiger partial charge in [0.05, 0.1) is 28.6 Å². The van der Waals surface area contributed by atoms with Crippen LogP contribution in [-0.2, 0) is 18.3 Å². The second-order valence-electron chi connectivity index (χ2n) is 13.5. The van der Waals surface area contributed by atoms with Crippen LogP contribution in [0.1, 0.15) is 80.9 Å². The van der Waals surface area contributed by atoms with Crippen LogP contribution in [0.4, 0.5) is 10.1 Å². The van der Waals surface area contributed by atoms with Crippen molar-refractivity contribution in [2.45, 2.75) is 101 Å². The SMILES string of the molecule is CC(Oc1cc(OC2CNC2(C)C)nc(-c2noc3c2CCCC32CCCc3ccc(N)c(C#N)c32)n1)C1C(F)CCN1C. The number of halogens is 1. The third-order valence-corrected chi connectivity index (χ3v) is 10.3. The van der Waals surface area contributed by atoms with Crippen LogP contribution in [-0.4, -0.2) is 70.1 Å². The fourth-order valence-electron chi connectivity index (χ4n) is 7.89. The molecule has 44 heavy (non-hydrogen) atoms. The Morgan fingerprint density at radius 2 is 1.98 bits per heavy atom. The molecule has 5 atom stereocenters. The maximum atomic E-state index is 14.8. The molecule has 10 nitrogen and oxygen atoms in total. The van der Waals surface area contributed by atoms with E-state index in [-0.39, 0.29) is 17.7 Å². The van der Waals surface area contributed by atoms with Crippen molar-refractivity contribution in [2.24, 2.45) is 0 Å². The number of likely N-dealkylation sites (N-methyl/N-ethyl adjacent to an activating group) is 1. The van der Waals surface area contributed by atoms with Crippen molar-refractivity contribution in [3.05, 3.63) is 46.2 Å². The molecule has 0 bridgehead atoms. The number of fused-ring (bicyclic) bond motifs is 4. The average molecular weight is 602 g/mol. The van der Waals surface area contributed by atoms with Gasteiger partial charge in [-0.05, 0) is 90.0 Å². The lowest BCUT2D eigenvalue weighted by Gasteiger charge is -2.44. The van der Waals surface area contributed by atoms with Gasteiger partial charge in [-0.3, -0.25) is 4.90 Å². The highest BCUT2D eigenvalue weighted by molar-refractivity contribution is 5.67. The fourth-order valence-corrected chi connectivity index (χ4v) is 7.89. The number of benzene rings is 1. The van der Waals surface area contributed by atoms with Gasteiger partial charge in [0.2, 0.25) is 11.8 Å². The molecule has 11 heteroatoms. The number of hydrogen-bond donors (Lipinski definition) is 2. The Morgan fingerprint density at radius 3 is 2.66 bits per heavy atom. The van der Waals surface area contributed by atoms with Gasteiger partial charge in [-0.2, -0.15) is 15.2 Å². The highest BCUT2D eigenvalue weighted by Crippen LogP contribution is 2.53. The first-order valence-electron chi connectivity index (χ1n) is 15.7. The Bertz CT molecular complexity index is 1620. The molecule has 0 saturated carbocycles. The van der Waals surface area contributed by atoms with Crippen LogP contribution in [0.2, 0.25) is 0 Å². The predicted octanol–water partition coefficient (Wildman–Crippen LogP) is 4.48. The maximum absolute atomic E-state index is 14.8. The van der Waals surface area contributed by atoms with Crippen molar-refractivity contribution in [3.8, 4) is 29.3 Å². The van der Waals surface area contributed by atoms with Crippen molar-refractivity contribution in [1.82, 2.24) is 25.3 Å². The van der Waals surface area contributed by atoms with E-state index < -0.39 is 17.7 Å². The molecule has 232 valence electrons. The van der Waals surface area contributed by atoms with Crippen LogP contribution in [0.25, 0.3) is 11.5 Å². The molecule has 4 heterocycles. The summed E-state index contributed by atoms with van der Waals surface area (Å²) in [4.78, 5) is 11.6. The third-order valence-electron chi connectivity index (χ3n) is 10.3. The molecule has 3 N–H and O–H groups in total. The number of rotatable bonds is 6. The number of anilines is 1. The minimum Gasteiger partial charge on any atom is -0.473 e. The average Bonchev–Trinajstić information content (AvgIpc) is 3.59. The standard InChI is InChI=1S/C33H40FN7O3/c1-18(29-22(34)11-14-41(29)4)42-25-15-26(43-24-17-37-32(24,2)3)39-31(38-25)28-20-8-6-13-33(30(20)44-40-28)12-5-7-19-9-10-23(36)21(16-35)27(19)33/h9-10,15,18,22,24,29,37H,5-8,11-14,17,36H2,1-4H3. The monoisotopic (exact) mass is 601 g/mol. The Balaban J connectivity index is 1.30. The Labute approximate surface area is 257 Å². The van der Waals surface area contributed by atoms with Crippen molar-refractivity contribution >= 4 is 5.69 Å². The Morgan fingerprint density at radius 1 is 1.20 bits per heavy atom. The first-order chi connectivity index (χ1) is 21.1. The minimum absolute atomic E-state index is 0.0881. The number of ether oxygens (including phenoxy) is 2. The van der Waals surface area contributed by atoms with Gasteiger partial charge in [-0.15, -0.1) is 0 Å². The van der Waals surface area contributed by atoms with E-state index in [0.29, 0.717) is 54.0 Å². The van der Waals surface area contributed by atoms with Crippen LogP contribution in [0.5, 0.6) is 11.8 Å². The molecule has 2 aliphatic heterocycles. The summed E-state index contributed by atoms with van der Waals surface area (Å²) >= 11 is 0. The molecule has 7 rings (SSSR count). The van der Waals surface area contributed by atoms with E-state index in [4.69, 9.17) is 29.7 Å². The highest BCUT2D eigenvalue weighted by atomic mass is 19.1. The van der Waals surface area contributed by atoms with E-state index in [1.807, 2.05) is 31.0 Å². The lowest BCUT2D eigenvalue weighted by molar-refractivity contribution is 0.0259. The number of aryl methyl sites for hydroxylation is 1. The molecular formula is C33H40FN7O3. The smallest absolute Gasteiger partial charge is 0.221 e. The van der Waals surface area contributed by atoms with Crippen molar-refractivity contribution in [2.75, 3.05) is 25.9 Å². The topological polar surface area (TPSA) is 135 Å². The van der Waals surface area contributed by atoms with Crippen molar-refractivity contribution < 1.29 is 18.4 Å². The van der Waals surface area contributed by atoms with E-state index >= 15 is 0 Å². The lowest BCUT2D eigenvalue weighted by Crippen LogP contribution is -2.67. The van der Waals surface area contributed by atoms with Gasteiger partial charge in [0, 0.05) is 24.3 Å². The summed E-state index contributed by atoms with van der Waals surface area (Å²) in [6.45, 7) is 7.42. The molecule has 1 spiro atoms. The molecule has 5 unspecified atom stereocenters. The van der Waals surface area contributed by atoms with Crippen LogP contribution < -0.4 is 20.5 Å². The number of nitrogens with one attached hydrogen (secondary N) is 1. The number of likely N-dealkylation sites (tertiary alicyclic amines) is 1. The van der Waals surface area contributed by atoms with Gasteiger partial charge in [-0.25, -0.2) is 4.39 Å². The van der Waals surface area contributed by atoms with Crippen LogP contribution in [0, 0.1) is 11.3 Å². The van der Waals surface area contributed by atoms with Gasteiger partial charge in [0.1, 0.15) is 24.4 Å². The third kappa shape index (κ3) is 4.61. The summed E-state index contributed by atoms with van der Waals surface area (Å²) in [5.41, 5.74) is 10.3. The van der Waals surface area contributed by atoms with Gasteiger partial charge in [-0.1, -0.05) is 11.2 Å². The molecule has 2 aliphatic carbocycles. The van der Waals surface area contributed by atoms with Crippen LogP contribution in [0.3, 0.4) is 0 Å². The van der Waals surface area contributed by atoms with Crippen LogP contribution in [0.15, 0.2) is 22.7 Å². The quantitative estimate of drug-likeness (QED) is 0.389. The number of nitrogens with two attached hydrogens (primary N) is 1. The molecule has 1 aromatic carbocycles. The largest absolute Gasteiger partial charge is 0.473 e. The maximum Gasteiger partial charge on any atom is 0.221 e. The zero-order valence-electron chi connectivity index (χ0n) is 25.8. The zero-order chi connectivity index (χ0) is 30.8. The van der Waals surface area contributed by atoms with Gasteiger partial charge in [0.15, 0.2) is 17.3 Å². The number of alkyl halides is 1. The van der Waals surface area contributed by atoms with Gasteiger partial charge in [0.25, 0.3) is 0 Å². The molecular weight excluding hydrogens is 561 g/mol. The highest BCUT2D eigenvalue weighted by Gasteiger charge is 2.48. The predicted molar refractivity (Wildman–Crippen MR) is 162 cm³/mol. The summed E-state index contributed by atoms with van der Waals surface area (Å²) < 4.78 is 33.7. The Hall–Kier alpha value is -3.75. The molecule has 4 aliphatic rings. The van der Waals surface area contributed by atoms with E-state index in [2.05, 4.69) is 30.4 Å². The first kappa shape index (κ1) is 29.0. The summed E-state index contributed by atoms with van der Waals surface area (Å²) in [6.07, 6.45) is 4.17. The van der Waals surface area contributed by atoms with Gasteiger partial charge >= 0.3 is 0 Å². The summed E-state index contributed by atoms with van der Waals surface area (Å²) in [6, 6.07) is 7.58. The molecule has 3 aromatic rings. The summed E-state index contributed by atoms with van der Waals surface area (Å²) in [5, 5.41) is 18.1. The normalized spacial score (nSPS) is 28.0. The van der Waals surface area contributed by atoms with E-state index in [9.17, 15) is 9.65 Å². The number of hydrogen-bond acceptors (Lipinski definition) is 10. The van der Waals surface area contributed by atoms with Crippen molar-refractivity contribution in [1.29, 1.82) is 5.26 Å². The first-order valence-corrected chi connectivity index (χ1v) is 15.7. The Kier molecular flexibility index (Phi) is 7.05. The number of nitrogen functional groups attached to an aromatic ring is 1. The van der Waals surface area contributed by atoms with E-state index in [1.165, 1.54) is 0 Å².